The van der Waals surface area contributed by atoms with E-state index in [0.29, 0.717) is 11.4 Å². The van der Waals surface area contributed by atoms with Gasteiger partial charge >= 0.3 is 5.97 Å². The molecule has 25 heavy (non-hydrogen) atoms. The van der Waals surface area contributed by atoms with Crippen LogP contribution in [-0.4, -0.2) is 36.3 Å². The number of rotatable bonds is 4. The quantitative estimate of drug-likeness (QED) is 0.820. The summed E-state index contributed by atoms with van der Waals surface area (Å²) in [4.78, 5) is 24.4. The number of hydrogen-bond acceptors (Lipinski definition) is 4. The van der Waals surface area contributed by atoms with Gasteiger partial charge in [-0.25, -0.2) is 0 Å². The summed E-state index contributed by atoms with van der Waals surface area (Å²) in [5.41, 5.74) is 1.49. The van der Waals surface area contributed by atoms with Crippen molar-refractivity contribution in [2.45, 2.75) is 38.4 Å². The minimum absolute atomic E-state index is 0.0897. The number of carboxylic acids is 1. The van der Waals surface area contributed by atoms with Crippen molar-refractivity contribution in [3.8, 4) is 5.75 Å². The zero-order chi connectivity index (χ0) is 18.4. The molecule has 6 heteroatoms. The number of benzene rings is 1. The molecule has 2 aliphatic heterocycles. The first-order chi connectivity index (χ1) is 11.7. The van der Waals surface area contributed by atoms with Crippen LogP contribution in [0.15, 0.2) is 30.4 Å². The SMILES string of the molecule is COc1ccc(C(C)(C)C)cc1NC(=O)[C@@H]1[C@H](C(=O)O)[C@H]2C=C[C@H]1O2. The molecule has 0 spiro atoms. The van der Waals surface area contributed by atoms with Gasteiger partial charge in [0.05, 0.1) is 30.9 Å². The Kier molecular flexibility index (Phi) is 4.33. The lowest BCUT2D eigenvalue weighted by Crippen LogP contribution is -2.39. The van der Waals surface area contributed by atoms with Gasteiger partial charge in [-0.3, -0.25) is 9.59 Å². The number of fused-ring (bicyclic) bond motifs is 2. The highest BCUT2D eigenvalue weighted by Gasteiger charge is 2.53. The van der Waals surface area contributed by atoms with Gasteiger partial charge in [0.1, 0.15) is 11.7 Å². The number of aliphatic carboxylic acids is 1. The number of hydrogen-bond donors (Lipinski definition) is 2. The number of nitrogens with one attached hydrogen (secondary N) is 1. The fraction of sp³-hybridized carbons (Fsp3) is 0.474. The molecule has 0 aromatic heterocycles. The van der Waals surface area contributed by atoms with Crippen LogP contribution in [0.4, 0.5) is 5.69 Å². The van der Waals surface area contributed by atoms with Crippen molar-refractivity contribution in [3.63, 3.8) is 0 Å². The Hall–Kier alpha value is -2.34. The number of carbonyl (C=O) groups is 2. The van der Waals surface area contributed by atoms with E-state index >= 15 is 0 Å². The average molecular weight is 345 g/mol. The van der Waals surface area contributed by atoms with Gasteiger partial charge in [-0.1, -0.05) is 39.0 Å². The first-order valence-electron chi connectivity index (χ1n) is 8.28. The molecule has 0 saturated carbocycles. The summed E-state index contributed by atoms with van der Waals surface area (Å²) < 4.78 is 10.9. The van der Waals surface area contributed by atoms with Crippen LogP contribution in [0, 0.1) is 11.8 Å². The second-order valence-electron chi connectivity index (χ2n) is 7.49. The van der Waals surface area contributed by atoms with E-state index in [1.807, 2.05) is 18.2 Å². The summed E-state index contributed by atoms with van der Waals surface area (Å²) in [6.07, 6.45) is 2.44. The lowest BCUT2D eigenvalue weighted by Gasteiger charge is -2.24. The van der Waals surface area contributed by atoms with Crippen LogP contribution in [0.25, 0.3) is 0 Å². The predicted molar refractivity (Wildman–Crippen MR) is 92.7 cm³/mol. The van der Waals surface area contributed by atoms with Gasteiger partial charge in [0.2, 0.25) is 5.91 Å². The molecule has 3 rings (SSSR count). The van der Waals surface area contributed by atoms with Crippen molar-refractivity contribution in [1.82, 2.24) is 0 Å². The van der Waals surface area contributed by atoms with Gasteiger partial charge in [-0.15, -0.1) is 0 Å². The van der Waals surface area contributed by atoms with E-state index in [1.165, 1.54) is 7.11 Å². The van der Waals surface area contributed by atoms with Gasteiger partial charge < -0.3 is 19.9 Å². The molecule has 0 unspecified atom stereocenters. The van der Waals surface area contributed by atoms with Crippen LogP contribution in [-0.2, 0) is 19.7 Å². The van der Waals surface area contributed by atoms with Crippen LogP contribution in [0.3, 0.4) is 0 Å². The predicted octanol–water partition coefficient (Wildman–Crippen LogP) is 2.59. The summed E-state index contributed by atoms with van der Waals surface area (Å²) in [6.45, 7) is 6.24. The van der Waals surface area contributed by atoms with E-state index < -0.39 is 30.0 Å². The molecular weight excluding hydrogens is 322 g/mol. The van der Waals surface area contributed by atoms with Gasteiger partial charge in [-0.05, 0) is 23.1 Å². The molecule has 1 aromatic rings. The van der Waals surface area contributed by atoms with E-state index in [1.54, 1.807) is 12.2 Å². The first-order valence-corrected chi connectivity index (χ1v) is 8.28. The van der Waals surface area contributed by atoms with E-state index in [4.69, 9.17) is 9.47 Å². The number of anilines is 1. The molecule has 2 heterocycles. The standard InChI is InChI=1S/C19H23NO5/c1-19(2,3)10-5-6-12(24-4)11(9-10)20-17(21)15-13-7-8-14(25-13)16(15)18(22)23/h5-9,13-16H,1-4H3,(H,20,21)(H,22,23)/t13-,14-,15+,16-/m1/s1. The van der Waals surface area contributed by atoms with Crippen LogP contribution in [0.1, 0.15) is 26.3 Å². The molecule has 1 amide bonds. The van der Waals surface area contributed by atoms with Gasteiger partial charge in [0.15, 0.2) is 0 Å². The van der Waals surface area contributed by atoms with Crippen molar-refractivity contribution in [2.75, 3.05) is 12.4 Å². The molecule has 1 aromatic carbocycles. The third-order valence-corrected chi connectivity index (χ3v) is 4.81. The van der Waals surface area contributed by atoms with Crippen LogP contribution in [0.5, 0.6) is 5.75 Å². The summed E-state index contributed by atoms with van der Waals surface area (Å²) >= 11 is 0. The Morgan fingerprint density at radius 2 is 1.80 bits per heavy atom. The first kappa shape index (κ1) is 17.5. The molecule has 134 valence electrons. The Balaban J connectivity index is 1.88. The molecule has 2 aliphatic rings. The van der Waals surface area contributed by atoms with Crippen LogP contribution in [0.2, 0.25) is 0 Å². The van der Waals surface area contributed by atoms with Gasteiger partial charge in [0.25, 0.3) is 0 Å². The average Bonchev–Trinajstić information content (AvgIpc) is 3.14. The normalized spacial score (nSPS) is 27.4. The Labute approximate surface area is 146 Å². The lowest BCUT2D eigenvalue weighted by atomic mass is 9.82. The summed E-state index contributed by atoms with van der Waals surface area (Å²) in [6, 6.07) is 5.64. The smallest absolute Gasteiger partial charge is 0.310 e. The number of amides is 1. The molecule has 1 fully saturated rings. The topological polar surface area (TPSA) is 84.9 Å². The minimum atomic E-state index is -1.02. The Morgan fingerprint density at radius 1 is 1.16 bits per heavy atom. The number of ether oxygens (including phenoxy) is 2. The third kappa shape index (κ3) is 3.14. The summed E-state index contributed by atoms with van der Waals surface area (Å²) in [5.74, 6) is -2.48. The fourth-order valence-electron chi connectivity index (χ4n) is 3.40. The number of carboxylic acid groups (broad SMARTS) is 1. The van der Waals surface area contributed by atoms with E-state index in [-0.39, 0.29) is 11.3 Å². The van der Waals surface area contributed by atoms with Crippen molar-refractivity contribution >= 4 is 17.6 Å². The van der Waals surface area contributed by atoms with E-state index in [0.717, 1.165) is 5.56 Å². The molecular formula is C19H23NO5. The maximum absolute atomic E-state index is 12.8. The van der Waals surface area contributed by atoms with Crippen molar-refractivity contribution < 1.29 is 24.2 Å². The van der Waals surface area contributed by atoms with E-state index in [9.17, 15) is 14.7 Å². The van der Waals surface area contributed by atoms with Gasteiger partial charge in [-0.2, -0.15) is 0 Å². The van der Waals surface area contributed by atoms with Crippen molar-refractivity contribution in [2.24, 2.45) is 11.8 Å². The third-order valence-electron chi connectivity index (χ3n) is 4.81. The second kappa shape index (κ2) is 6.19. The highest BCUT2D eigenvalue weighted by molar-refractivity contribution is 5.97. The molecule has 0 aliphatic carbocycles. The second-order valence-corrected chi connectivity index (χ2v) is 7.49. The van der Waals surface area contributed by atoms with Crippen LogP contribution >= 0.6 is 0 Å². The zero-order valence-electron chi connectivity index (χ0n) is 14.8. The van der Waals surface area contributed by atoms with Crippen molar-refractivity contribution in [1.29, 1.82) is 0 Å². The molecule has 1 saturated heterocycles. The maximum Gasteiger partial charge on any atom is 0.310 e. The Bertz CT molecular complexity index is 734. The monoisotopic (exact) mass is 345 g/mol. The highest BCUT2D eigenvalue weighted by atomic mass is 16.5. The largest absolute Gasteiger partial charge is 0.495 e. The summed E-state index contributed by atoms with van der Waals surface area (Å²) in [7, 11) is 1.53. The van der Waals surface area contributed by atoms with E-state index in [2.05, 4.69) is 26.1 Å². The van der Waals surface area contributed by atoms with Crippen LogP contribution < -0.4 is 10.1 Å². The minimum Gasteiger partial charge on any atom is -0.495 e. The molecule has 2 N–H and O–H groups in total. The molecule has 6 nitrogen and oxygen atoms in total. The summed E-state index contributed by atoms with van der Waals surface area (Å²) in [5, 5.41) is 12.3. The van der Waals surface area contributed by atoms with Gasteiger partial charge in [0, 0.05) is 0 Å². The highest BCUT2D eigenvalue weighted by Crippen LogP contribution is 2.40. The maximum atomic E-state index is 12.8. The van der Waals surface area contributed by atoms with Crippen molar-refractivity contribution in [3.05, 3.63) is 35.9 Å². The fourth-order valence-corrected chi connectivity index (χ4v) is 3.40. The molecule has 4 atom stereocenters. The molecule has 2 bridgehead atoms. The lowest BCUT2D eigenvalue weighted by molar-refractivity contribution is -0.145. The zero-order valence-corrected chi connectivity index (χ0v) is 14.8. The number of methoxy groups -OCH3 is 1. The molecule has 0 radical (unpaired) electrons. The Morgan fingerprint density at radius 3 is 2.36 bits per heavy atom. The number of carbonyl (C=O) groups excluding carboxylic acids is 1.